The molecule has 3 aromatic rings. The molecular weight excluding hydrogens is 336 g/mol. The fraction of sp³-hybridized carbons (Fsp3) is 0.0625. The molecule has 0 N–H and O–H groups in total. The second kappa shape index (κ2) is 5.81. The molecule has 2 aromatic carbocycles. The highest BCUT2D eigenvalue weighted by molar-refractivity contribution is 9.10. The molecule has 0 amide bonds. The molecule has 0 aliphatic carbocycles. The zero-order chi connectivity index (χ0) is 13.9. The molecule has 0 fully saturated rings. The van der Waals surface area contributed by atoms with Gasteiger partial charge in [-0.3, -0.25) is 0 Å². The second-order valence-electron chi connectivity index (χ2n) is 4.49. The molecule has 1 heterocycles. The molecule has 3 rings (SSSR count). The number of rotatable bonds is 3. The predicted molar refractivity (Wildman–Crippen MR) is 85.9 cm³/mol. The fourth-order valence-electron chi connectivity index (χ4n) is 2.16. The Balaban J connectivity index is 1.97. The molecule has 0 spiro atoms. The predicted octanol–water partition coefficient (Wildman–Crippen LogP) is 5.01. The van der Waals surface area contributed by atoms with E-state index < -0.39 is 0 Å². The Bertz CT molecular complexity index is 737. The van der Waals surface area contributed by atoms with Crippen LogP contribution in [0.1, 0.15) is 5.56 Å². The summed E-state index contributed by atoms with van der Waals surface area (Å²) in [6, 6.07) is 16.0. The molecule has 0 aliphatic heterocycles. The maximum absolute atomic E-state index is 6.26. The van der Waals surface area contributed by atoms with Crippen LogP contribution in [-0.2, 0) is 6.54 Å². The maximum Gasteiger partial charge on any atom is 0.141 e. The second-order valence-corrected chi connectivity index (χ2v) is 5.81. The Morgan fingerprint density at radius 2 is 1.95 bits per heavy atom. The van der Waals surface area contributed by atoms with Crippen LogP contribution in [0.5, 0.6) is 0 Å². The van der Waals surface area contributed by atoms with Crippen molar-refractivity contribution in [2.24, 2.45) is 0 Å². The van der Waals surface area contributed by atoms with E-state index in [0.29, 0.717) is 5.02 Å². The van der Waals surface area contributed by atoms with E-state index in [4.69, 9.17) is 11.6 Å². The van der Waals surface area contributed by atoms with Gasteiger partial charge in [-0.2, -0.15) is 0 Å². The first-order valence-electron chi connectivity index (χ1n) is 6.24. The third-order valence-corrected chi connectivity index (χ3v) is 3.90. The van der Waals surface area contributed by atoms with Gasteiger partial charge in [-0.25, -0.2) is 4.98 Å². The van der Waals surface area contributed by atoms with E-state index >= 15 is 0 Å². The lowest BCUT2D eigenvalue weighted by molar-refractivity contribution is 0.806. The highest BCUT2D eigenvalue weighted by atomic mass is 79.9. The summed E-state index contributed by atoms with van der Waals surface area (Å²) in [5.74, 6) is 0.885. The van der Waals surface area contributed by atoms with Crippen LogP contribution < -0.4 is 0 Å². The molecule has 0 unspecified atom stereocenters. The number of aromatic nitrogens is 2. The summed E-state index contributed by atoms with van der Waals surface area (Å²) in [5.41, 5.74) is 2.17. The minimum Gasteiger partial charge on any atom is -0.327 e. The summed E-state index contributed by atoms with van der Waals surface area (Å²) < 4.78 is 3.18. The van der Waals surface area contributed by atoms with Gasteiger partial charge in [0.25, 0.3) is 0 Å². The normalized spacial score (nSPS) is 10.7. The zero-order valence-electron chi connectivity index (χ0n) is 10.6. The van der Waals surface area contributed by atoms with Crippen LogP contribution in [0, 0.1) is 0 Å². The SMILES string of the molecule is Clc1ccccc1-c1nccn1Cc1cccc(Br)c1. The fourth-order valence-corrected chi connectivity index (χ4v) is 2.82. The number of benzene rings is 2. The lowest BCUT2D eigenvalue weighted by Crippen LogP contribution is -2.01. The summed E-state index contributed by atoms with van der Waals surface area (Å²) in [4.78, 5) is 4.43. The first-order chi connectivity index (χ1) is 9.74. The monoisotopic (exact) mass is 346 g/mol. The molecule has 2 nitrogen and oxygen atoms in total. The molecule has 20 heavy (non-hydrogen) atoms. The van der Waals surface area contributed by atoms with E-state index in [2.05, 4.69) is 37.6 Å². The van der Waals surface area contributed by atoms with E-state index in [1.165, 1.54) is 5.56 Å². The molecular formula is C16H12BrClN2. The Hall–Kier alpha value is -1.58. The van der Waals surface area contributed by atoms with Crippen LogP contribution >= 0.6 is 27.5 Å². The van der Waals surface area contributed by atoms with Crippen molar-refractivity contribution in [1.82, 2.24) is 9.55 Å². The van der Waals surface area contributed by atoms with Gasteiger partial charge in [0, 0.05) is 29.0 Å². The summed E-state index contributed by atoms with van der Waals surface area (Å²) in [5, 5.41) is 0.717. The molecule has 0 aliphatic rings. The number of halogens is 2. The molecule has 0 saturated heterocycles. The molecule has 0 saturated carbocycles. The molecule has 0 radical (unpaired) electrons. The van der Waals surface area contributed by atoms with Gasteiger partial charge in [0.05, 0.1) is 5.02 Å². The van der Waals surface area contributed by atoms with Gasteiger partial charge in [0.1, 0.15) is 5.82 Å². The van der Waals surface area contributed by atoms with Crippen molar-refractivity contribution in [3.8, 4) is 11.4 Å². The minimum absolute atomic E-state index is 0.717. The Morgan fingerprint density at radius 1 is 1.10 bits per heavy atom. The van der Waals surface area contributed by atoms with Crippen molar-refractivity contribution in [3.63, 3.8) is 0 Å². The van der Waals surface area contributed by atoms with Crippen molar-refractivity contribution >= 4 is 27.5 Å². The van der Waals surface area contributed by atoms with Gasteiger partial charge in [0.15, 0.2) is 0 Å². The topological polar surface area (TPSA) is 17.8 Å². The van der Waals surface area contributed by atoms with Crippen molar-refractivity contribution in [2.45, 2.75) is 6.54 Å². The third kappa shape index (κ3) is 2.79. The Morgan fingerprint density at radius 3 is 2.75 bits per heavy atom. The van der Waals surface area contributed by atoms with E-state index in [0.717, 1.165) is 22.4 Å². The third-order valence-electron chi connectivity index (χ3n) is 3.07. The van der Waals surface area contributed by atoms with Crippen LogP contribution in [0.2, 0.25) is 5.02 Å². The number of imidazole rings is 1. The molecule has 1 aromatic heterocycles. The quantitative estimate of drug-likeness (QED) is 0.651. The molecule has 4 heteroatoms. The van der Waals surface area contributed by atoms with Gasteiger partial charge in [-0.1, -0.05) is 51.8 Å². The van der Waals surface area contributed by atoms with Crippen LogP contribution in [-0.4, -0.2) is 9.55 Å². The first kappa shape index (κ1) is 13.4. The van der Waals surface area contributed by atoms with E-state index in [1.807, 2.05) is 42.6 Å². The van der Waals surface area contributed by atoms with Crippen molar-refractivity contribution in [2.75, 3.05) is 0 Å². The molecule has 0 bridgehead atoms. The van der Waals surface area contributed by atoms with Crippen LogP contribution in [0.15, 0.2) is 65.4 Å². The smallest absolute Gasteiger partial charge is 0.141 e. The van der Waals surface area contributed by atoms with Crippen molar-refractivity contribution in [1.29, 1.82) is 0 Å². The number of nitrogens with zero attached hydrogens (tertiary/aromatic N) is 2. The number of hydrogen-bond acceptors (Lipinski definition) is 1. The van der Waals surface area contributed by atoms with Crippen molar-refractivity contribution in [3.05, 3.63) is 76.0 Å². The lowest BCUT2D eigenvalue weighted by atomic mass is 10.2. The average molecular weight is 348 g/mol. The first-order valence-corrected chi connectivity index (χ1v) is 7.41. The minimum atomic E-state index is 0.717. The summed E-state index contributed by atoms with van der Waals surface area (Å²) in [7, 11) is 0. The molecule has 0 atom stereocenters. The lowest BCUT2D eigenvalue weighted by Gasteiger charge is -2.09. The van der Waals surface area contributed by atoms with E-state index in [1.54, 1.807) is 6.20 Å². The van der Waals surface area contributed by atoms with Gasteiger partial charge in [0.2, 0.25) is 0 Å². The van der Waals surface area contributed by atoms with Crippen LogP contribution in [0.3, 0.4) is 0 Å². The standard InChI is InChI=1S/C16H12BrClN2/c17-13-5-3-4-12(10-13)11-20-9-8-19-16(20)14-6-1-2-7-15(14)18/h1-10H,11H2. The highest BCUT2D eigenvalue weighted by Gasteiger charge is 2.09. The highest BCUT2D eigenvalue weighted by Crippen LogP contribution is 2.26. The van der Waals surface area contributed by atoms with E-state index in [-0.39, 0.29) is 0 Å². The van der Waals surface area contributed by atoms with Gasteiger partial charge in [-0.05, 0) is 29.8 Å². The van der Waals surface area contributed by atoms with Gasteiger partial charge >= 0.3 is 0 Å². The van der Waals surface area contributed by atoms with Gasteiger partial charge < -0.3 is 4.57 Å². The Labute approximate surface area is 131 Å². The number of hydrogen-bond donors (Lipinski definition) is 0. The van der Waals surface area contributed by atoms with Crippen LogP contribution in [0.4, 0.5) is 0 Å². The summed E-state index contributed by atoms with van der Waals surface area (Å²) >= 11 is 9.75. The van der Waals surface area contributed by atoms with Crippen LogP contribution in [0.25, 0.3) is 11.4 Å². The average Bonchev–Trinajstić information content (AvgIpc) is 2.87. The largest absolute Gasteiger partial charge is 0.327 e. The summed E-state index contributed by atoms with van der Waals surface area (Å²) in [6.45, 7) is 0.764. The Kier molecular flexibility index (Phi) is 3.90. The van der Waals surface area contributed by atoms with Crippen molar-refractivity contribution < 1.29 is 0 Å². The summed E-state index contributed by atoms with van der Waals surface area (Å²) in [6.07, 6.45) is 3.77. The van der Waals surface area contributed by atoms with E-state index in [9.17, 15) is 0 Å². The van der Waals surface area contributed by atoms with Gasteiger partial charge in [-0.15, -0.1) is 0 Å². The zero-order valence-corrected chi connectivity index (χ0v) is 13.0. The maximum atomic E-state index is 6.26. The molecule has 100 valence electrons.